The summed E-state index contributed by atoms with van der Waals surface area (Å²) >= 11 is 0. The van der Waals surface area contributed by atoms with Gasteiger partial charge >= 0.3 is 0 Å². The maximum Gasteiger partial charge on any atom is 0.208 e. The molecule has 1 N–H and O–H groups in total. The molecule has 4 nitrogen and oxygen atoms in total. The van der Waals surface area contributed by atoms with Gasteiger partial charge in [-0.25, -0.2) is 13.1 Å². The molecule has 16 heavy (non-hydrogen) atoms. The summed E-state index contributed by atoms with van der Waals surface area (Å²) in [6.45, 7) is 8.44. The second-order valence-corrected chi connectivity index (χ2v) is 7.06. The molecule has 1 heterocycles. The average Bonchev–Trinajstić information content (AvgIpc) is 2.09. The molecule has 96 valence electrons. The van der Waals surface area contributed by atoms with Crippen LogP contribution in [0.1, 0.15) is 26.7 Å². The molecule has 1 rings (SSSR count). The fourth-order valence-electron chi connectivity index (χ4n) is 2.53. The number of nitrogens with zero attached hydrogens (tertiary/aromatic N) is 1. The monoisotopic (exact) mass is 248 g/mol. The topological polar surface area (TPSA) is 49.4 Å². The van der Waals surface area contributed by atoms with E-state index < -0.39 is 10.0 Å². The van der Waals surface area contributed by atoms with E-state index in [9.17, 15) is 8.42 Å². The van der Waals surface area contributed by atoms with Gasteiger partial charge in [0.15, 0.2) is 0 Å². The minimum atomic E-state index is -3.02. The van der Waals surface area contributed by atoms with Crippen molar-refractivity contribution >= 4 is 10.0 Å². The molecule has 0 aromatic heterocycles. The number of likely N-dealkylation sites (tertiary alicyclic amines) is 1. The molecule has 0 amide bonds. The van der Waals surface area contributed by atoms with Crippen molar-refractivity contribution in [3.05, 3.63) is 0 Å². The minimum absolute atomic E-state index is 0.554. The lowest BCUT2D eigenvalue weighted by Gasteiger charge is -2.34. The van der Waals surface area contributed by atoms with Crippen molar-refractivity contribution in [2.75, 3.05) is 32.4 Å². The third-order valence-electron chi connectivity index (χ3n) is 2.96. The lowest BCUT2D eigenvalue weighted by atomic mass is 9.92. The van der Waals surface area contributed by atoms with E-state index in [2.05, 4.69) is 23.5 Å². The van der Waals surface area contributed by atoms with Crippen molar-refractivity contribution in [1.82, 2.24) is 9.62 Å². The molecular formula is C11H24N2O2S. The van der Waals surface area contributed by atoms with Crippen molar-refractivity contribution < 1.29 is 8.42 Å². The van der Waals surface area contributed by atoms with Crippen LogP contribution in [0.3, 0.4) is 0 Å². The van der Waals surface area contributed by atoms with E-state index in [4.69, 9.17) is 0 Å². The Balaban J connectivity index is 2.17. The van der Waals surface area contributed by atoms with E-state index in [1.54, 1.807) is 0 Å². The number of sulfonamides is 1. The molecule has 1 aliphatic heterocycles. The first-order chi connectivity index (χ1) is 7.37. The van der Waals surface area contributed by atoms with E-state index in [0.717, 1.165) is 37.9 Å². The molecule has 0 spiro atoms. The summed E-state index contributed by atoms with van der Waals surface area (Å²) in [5.74, 6) is 1.54. The summed E-state index contributed by atoms with van der Waals surface area (Å²) in [5, 5.41) is 0. The second kappa shape index (κ2) is 5.98. The molecule has 1 aliphatic rings. The zero-order chi connectivity index (χ0) is 12.2. The number of hydrogen-bond donors (Lipinski definition) is 1. The molecule has 5 heteroatoms. The van der Waals surface area contributed by atoms with Gasteiger partial charge in [-0.05, 0) is 31.2 Å². The summed E-state index contributed by atoms with van der Waals surface area (Å²) in [6.07, 6.45) is 3.42. The van der Waals surface area contributed by atoms with Crippen molar-refractivity contribution in [2.24, 2.45) is 11.8 Å². The van der Waals surface area contributed by atoms with E-state index in [0.29, 0.717) is 6.54 Å². The highest BCUT2D eigenvalue weighted by atomic mass is 32.2. The van der Waals surface area contributed by atoms with Gasteiger partial charge < -0.3 is 4.90 Å². The van der Waals surface area contributed by atoms with Crippen LogP contribution in [0.2, 0.25) is 0 Å². The van der Waals surface area contributed by atoms with Gasteiger partial charge in [-0.2, -0.15) is 0 Å². The van der Waals surface area contributed by atoms with Gasteiger partial charge in [-0.1, -0.05) is 13.8 Å². The molecule has 0 aromatic carbocycles. The Labute approximate surface area is 99.5 Å². The highest BCUT2D eigenvalue weighted by Gasteiger charge is 2.20. The SMILES string of the molecule is CC1CC(C)CN(CCCNS(C)(=O)=O)C1. The molecule has 1 fully saturated rings. The standard InChI is InChI=1S/C11H24N2O2S/c1-10-7-11(2)9-13(8-10)6-4-5-12-16(3,14)15/h10-12H,4-9H2,1-3H3. The third-order valence-corrected chi connectivity index (χ3v) is 3.69. The number of hydrogen-bond acceptors (Lipinski definition) is 3. The van der Waals surface area contributed by atoms with Crippen LogP contribution >= 0.6 is 0 Å². The van der Waals surface area contributed by atoms with Crippen LogP contribution in [0, 0.1) is 11.8 Å². The Morgan fingerprint density at radius 3 is 2.31 bits per heavy atom. The Kier molecular flexibility index (Phi) is 5.21. The minimum Gasteiger partial charge on any atom is -0.303 e. The maximum atomic E-state index is 10.9. The van der Waals surface area contributed by atoms with Crippen LogP contribution in [-0.4, -0.2) is 45.8 Å². The second-order valence-electron chi connectivity index (χ2n) is 5.23. The summed E-state index contributed by atoms with van der Waals surface area (Å²) in [5.41, 5.74) is 0. The average molecular weight is 248 g/mol. The first-order valence-corrected chi connectivity index (χ1v) is 7.93. The highest BCUT2D eigenvalue weighted by molar-refractivity contribution is 7.88. The van der Waals surface area contributed by atoms with Crippen LogP contribution in [0.4, 0.5) is 0 Å². The van der Waals surface area contributed by atoms with Gasteiger partial charge in [0.05, 0.1) is 6.26 Å². The first-order valence-electron chi connectivity index (χ1n) is 6.04. The van der Waals surface area contributed by atoms with E-state index in [1.807, 2.05) is 0 Å². The third kappa shape index (κ3) is 5.82. The fourth-order valence-corrected chi connectivity index (χ4v) is 3.05. The van der Waals surface area contributed by atoms with Crippen LogP contribution in [-0.2, 0) is 10.0 Å². The lowest BCUT2D eigenvalue weighted by molar-refractivity contribution is 0.140. The molecule has 0 radical (unpaired) electrons. The highest BCUT2D eigenvalue weighted by Crippen LogP contribution is 2.20. The van der Waals surface area contributed by atoms with Crippen LogP contribution in [0.5, 0.6) is 0 Å². The Bertz CT molecular complexity index is 293. The van der Waals surface area contributed by atoms with Crippen molar-refractivity contribution in [1.29, 1.82) is 0 Å². The maximum absolute atomic E-state index is 10.9. The predicted octanol–water partition coefficient (Wildman–Crippen LogP) is 0.904. The van der Waals surface area contributed by atoms with E-state index in [-0.39, 0.29) is 0 Å². The zero-order valence-corrected chi connectivity index (χ0v) is 11.4. The van der Waals surface area contributed by atoms with E-state index >= 15 is 0 Å². The first kappa shape index (κ1) is 13.9. The van der Waals surface area contributed by atoms with Crippen molar-refractivity contribution in [3.8, 4) is 0 Å². The summed E-state index contributed by atoms with van der Waals surface area (Å²) in [4.78, 5) is 2.45. The molecule has 1 saturated heterocycles. The van der Waals surface area contributed by atoms with E-state index in [1.165, 1.54) is 12.7 Å². The molecule has 0 saturated carbocycles. The fraction of sp³-hybridized carbons (Fsp3) is 1.00. The smallest absolute Gasteiger partial charge is 0.208 e. The van der Waals surface area contributed by atoms with Gasteiger partial charge in [-0.3, -0.25) is 0 Å². The lowest BCUT2D eigenvalue weighted by Crippen LogP contribution is -2.40. The Morgan fingerprint density at radius 2 is 1.81 bits per heavy atom. The van der Waals surface area contributed by atoms with Gasteiger partial charge in [0.2, 0.25) is 10.0 Å². The van der Waals surface area contributed by atoms with Crippen molar-refractivity contribution in [3.63, 3.8) is 0 Å². The Hall–Kier alpha value is -0.130. The normalized spacial score (nSPS) is 28.2. The van der Waals surface area contributed by atoms with Crippen LogP contribution in [0.25, 0.3) is 0 Å². The van der Waals surface area contributed by atoms with Crippen LogP contribution < -0.4 is 4.72 Å². The van der Waals surface area contributed by atoms with Gasteiger partial charge in [0, 0.05) is 19.6 Å². The molecule has 0 bridgehead atoms. The summed E-state index contributed by atoms with van der Waals surface area (Å²) in [6, 6.07) is 0. The van der Waals surface area contributed by atoms with Crippen LogP contribution in [0.15, 0.2) is 0 Å². The quantitative estimate of drug-likeness (QED) is 0.736. The van der Waals surface area contributed by atoms with Crippen molar-refractivity contribution in [2.45, 2.75) is 26.7 Å². The number of rotatable bonds is 5. The summed E-state index contributed by atoms with van der Waals surface area (Å²) in [7, 11) is -3.02. The van der Waals surface area contributed by atoms with Gasteiger partial charge in [-0.15, -0.1) is 0 Å². The Morgan fingerprint density at radius 1 is 1.25 bits per heavy atom. The molecule has 2 atom stereocenters. The molecule has 0 aliphatic carbocycles. The largest absolute Gasteiger partial charge is 0.303 e. The predicted molar refractivity (Wildman–Crippen MR) is 66.8 cm³/mol. The van der Waals surface area contributed by atoms with Gasteiger partial charge in [0.25, 0.3) is 0 Å². The number of piperidine rings is 1. The molecule has 0 aromatic rings. The number of nitrogens with one attached hydrogen (secondary N) is 1. The molecule has 2 unspecified atom stereocenters. The van der Waals surface area contributed by atoms with Gasteiger partial charge in [0.1, 0.15) is 0 Å². The summed E-state index contributed by atoms with van der Waals surface area (Å²) < 4.78 is 24.3. The molecular weight excluding hydrogens is 224 g/mol. The zero-order valence-electron chi connectivity index (χ0n) is 10.6.